The predicted octanol–water partition coefficient (Wildman–Crippen LogP) is 4.26. The summed E-state index contributed by atoms with van der Waals surface area (Å²) in [6, 6.07) is 12.6. The number of para-hydroxylation sites is 1. The number of fused-ring (bicyclic) bond motifs is 1. The fourth-order valence-corrected chi connectivity index (χ4v) is 4.44. The van der Waals surface area contributed by atoms with Crippen LogP contribution in [0.4, 0.5) is 0 Å². The highest BCUT2D eigenvalue weighted by Gasteiger charge is 2.16. The molecule has 0 N–H and O–H groups in total. The Morgan fingerprint density at radius 3 is 2.63 bits per heavy atom. The summed E-state index contributed by atoms with van der Waals surface area (Å²) in [6.07, 6.45) is 5.03. The summed E-state index contributed by atoms with van der Waals surface area (Å²) in [5.74, 6) is 1.57. The lowest BCUT2D eigenvalue weighted by molar-refractivity contribution is -0.131. The number of nitrogens with zero attached hydrogens (tertiary/aromatic N) is 3. The number of ether oxygens (including phenoxy) is 3. The highest BCUT2D eigenvalue weighted by molar-refractivity contribution is 7.15. The predicted molar refractivity (Wildman–Crippen MR) is 135 cm³/mol. The Balaban J connectivity index is 1.64. The minimum Gasteiger partial charge on any atom is -0.490 e. The topological polar surface area (TPSA) is 92.0 Å². The highest BCUT2D eigenvalue weighted by atomic mass is 32.1. The number of aromatic nitrogens is 3. The zero-order chi connectivity index (χ0) is 24.8. The summed E-state index contributed by atoms with van der Waals surface area (Å²) in [5, 5.41) is 4.37. The molecule has 2 aromatic carbocycles. The maximum absolute atomic E-state index is 13.0. The third-order valence-electron chi connectivity index (χ3n) is 5.13. The largest absolute Gasteiger partial charge is 0.490 e. The van der Waals surface area contributed by atoms with Crippen molar-refractivity contribution < 1.29 is 19.0 Å². The van der Waals surface area contributed by atoms with Gasteiger partial charge in [0, 0.05) is 6.92 Å². The Hall–Kier alpha value is -3.72. The fourth-order valence-electron chi connectivity index (χ4n) is 3.53. The molecule has 182 valence electrons. The molecule has 2 aromatic heterocycles. The molecule has 0 aliphatic rings. The van der Waals surface area contributed by atoms with Crippen molar-refractivity contribution in [2.24, 2.45) is 0 Å². The molecule has 0 saturated carbocycles. The normalized spacial score (nSPS) is 11.7. The van der Waals surface area contributed by atoms with Crippen molar-refractivity contribution in [1.29, 1.82) is 0 Å². The van der Waals surface area contributed by atoms with Gasteiger partial charge in [0.15, 0.2) is 17.3 Å². The van der Waals surface area contributed by atoms with Crippen LogP contribution in [0.25, 0.3) is 22.4 Å². The van der Waals surface area contributed by atoms with Crippen LogP contribution in [-0.4, -0.2) is 33.8 Å². The van der Waals surface area contributed by atoms with Gasteiger partial charge in [-0.05, 0) is 49.2 Å². The molecule has 0 saturated heterocycles. The lowest BCUT2D eigenvalue weighted by Crippen LogP contribution is -2.23. The van der Waals surface area contributed by atoms with Crippen LogP contribution in [-0.2, 0) is 4.79 Å². The van der Waals surface area contributed by atoms with Crippen molar-refractivity contribution in [3.8, 4) is 28.6 Å². The smallest absolute Gasteiger partial charge is 0.308 e. The minimum atomic E-state index is -0.441. The van der Waals surface area contributed by atoms with Gasteiger partial charge < -0.3 is 14.2 Å². The number of hydrogen-bond acceptors (Lipinski definition) is 8. The Kier molecular flexibility index (Phi) is 7.77. The van der Waals surface area contributed by atoms with E-state index < -0.39 is 5.97 Å². The molecule has 2 heterocycles. The molecule has 0 unspecified atom stereocenters. The van der Waals surface area contributed by atoms with Gasteiger partial charge in [-0.15, -0.1) is 5.10 Å². The second-order valence-electron chi connectivity index (χ2n) is 7.83. The number of carbonyl (C=O) groups is 1. The molecule has 0 spiro atoms. The number of rotatable bonds is 10. The molecule has 8 nitrogen and oxygen atoms in total. The van der Waals surface area contributed by atoms with E-state index in [2.05, 4.69) is 17.0 Å². The third-order valence-corrected chi connectivity index (χ3v) is 6.09. The molecule has 35 heavy (non-hydrogen) atoms. The van der Waals surface area contributed by atoms with Crippen LogP contribution in [0.5, 0.6) is 17.2 Å². The van der Waals surface area contributed by atoms with Gasteiger partial charge in [0.25, 0.3) is 5.56 Å². The van der Waals surface area contributed by atoms with Crippen LogP contribution in [0.1, 0.15) is 45.6 Å². The van der Waals surface area contributed by atoms with E-state index in [0.717, 1.165) is 24.8 Å². The van der Waals surface area contributed by atoms with Crippen LogP contribution < -0.4 is 24.3 Å². The van der Waals surface area contributed by atoms with Gasteiger partial charge >= 0.3 is 5.97 Å². The molecule has 0 radical (unpaired) electrons. The van der Waals surface area contributed by atoms with Gasteiger partial charge in [-0.2, -0.15) is 9.50 Å². The molecule has 0 bridgehead atoms. The van der Waals surface area contributed by atoms with E-state index in [1.54, 1.807) is 30.3 Å². The maximum atomic E-state index is 13.0. The molecule has 4 aromatic rings. The molecule has 0 fully saturated rings. The van der Waals surface area contributed by atoms with E-state index in [-0.39, 0.29) is 5.56 Å². The molecular formula is C26H27N3O5S. The Bertz CT molecular complexity index is 1440. The number of benzene rings is 2. The van der Waals surface area contributed by atoms with Gasteiger partial charge in [-0.25, -0.2) is 0 Å². The maximum Gasteiger partial charge on any atom is 0.308 e. The van der Waals surface area contributed by atoms with E-state index >= 15 is 0 Å². The molecule has 4 rings (SSSR count). The first kappa shape index (κ1) is 24.4. The van der Waals surface area contributed by atoms with Crippen molar-refractivity contribution >= 4 is 28.3 Å². The van der Waals surface area contributed by atoms with E-state index in [4.69, 9.17) is 14.2 Å². The van der Waals surface area contributed by atoms with Crippen LogP contribution in [0.2, 0.25) is 0 Å². The highest BCUT2D eigenvalue weighted by Crippen LogP contribution is 2.30. The summed E-state index contributed by atoms with van der Waals surface area (Å²) in [7, 11) is 0. The standard InChI is InChI=1S/C26H27N3O5S/c1-4-6-9-14-33-21-13-12-18(15-22(21)32-5-2)16-23-25(31)29-26(35-23)27-24(28-29)19-10-7-8-11-20(19)34-17(3)30/h7-8,10-13,15-16H,4-6,9,14H2,1-3H3/b23-16-. The summed E-state index contributed by atoms with van der Waals surface area (Å²) in [6.45, 7) is 6.55. The molecular weight excluding hydrogens is 466 g/mol. The zero-order valence-corrected chi connectivity index (χ0v) is 20.8. The summed E-state index contributed by atoms with van der Waals surface area (Å²) in [4.78, 5) is 29.4. The Labute approximate surface area is 206 Å². The Morgan fingerprint density at radius 1 is 1.06 bits per heavy atom. The van der Waals surface area contributed by atoms with E-state index in [1.807, 2.05) is 25.1 Å². The first-order chi connectivity index (χ1) is 17.0. The molecule has 0 atom stereocenters. The number of thiazole rings is 1. The van der Waals surface area contributed by atoms with Crippen molar-refractivity contribution in [1.82, 2.24) is 14.6 Å². The first-order valence-corrected chi connectivity index (χ1v) is 12.4. The molecule has 0 aliphatic carbocycles. The van der Waals surface area contributed by atoms with Crippen LogP contribution >= 0.6 is 11.3 Å². The minimum absolute atomic E-state index is 0.272. The molecule has 0 aliphatic heterocycles. The van der Waals surface area contributed by atoms with Crippen LogP contribution in [0.3, 0.4) is 0 Å². The molecule has 0 amide bonds. The lowest BCUT2D eigenvalue weighted by atomic mass is 10.2. The average Bonchev–Trinajstić information content (AvgIpc) is 3.37. The van der Waals surface area contributed by atoms with E-state index in [1.165, 1.54) is 22.8 Å². The quantitative estimate of drug-likeness (QED) is 0.185. The second kappa shape index (κ2) is 11.1. The fraction of sp³-hybridized carbons (Fsp3) is 0.308. The lowest BCUT2D eigenvalue weighted by Gasteiger charge is -2.12. The first-order valence-electron chi connectivity index (χ1n) is 11.6. The zero-order valence-electron chi connectivity index (χ0n) is 19.9. The monoisotopic (exact) mass is 493 g/mol. The van der Waals surface area contributed by atoms with Gasteiger partial charge in [-0.3, -0.25) is 9.59 Å². The van der Waals surface area contributed by atoms with Crippen molar-refractivity contribution in [2.75, 3.05) is 13.2 Å². The van der Waals surface area contributed by atoms with Crippen LogP contribution in [0, 0.1) is 0 Å². The van der Waals surface area contributed by atoms with Gasteiger partial charge in [-0.1, -0.05) is 49.3 Å². The number of esters is 1. The summed E-state index contributed by atoms with van der Waals surface area (Å²) < 4.78 is 18.7. The SMILES string of the molecule is CCCCCOc1ccc(/C=c2\sc3nc(-c4ccccc4OC(C)=O)nn3c2=O)cc1OCC. The number of hydrogen-bond donors (Lipinski definition) is 0. The second-order valence-corrected chi connectivity index (χ2v) is 8.84. The van der Waals surface area contributed by atoms with Crippen LogP contribution in [0.15, 0.2) is 47.3 Å². The van der Waals surface area contributed by atoms with Gasteiger partial charge in [0.05, 0.1) is 23.3 Å². The van der Waals surface area contributed by atoms with E-state index in [0.29, 0.717) is 51.3 Å². The number of carbonyl (C=O) groups excluding carboxylic acids is 1. The van der Waals surface area contributed by atoms with Gasteiger partial charge in [0.1, 0.15) is 5.75 Å². The van der Waals surface area contributed by atoms with Gasteiger partial charge in [0.2, 0.25) is 4.96 Å². The average molecular weight is 494 g/mol. The third kappa shape index (κ3) is 5.68. The van der Waals surface area contributed by atoms with Crippen molar-refractivity contribution in [3.63, 3.8) is 0 Å². The van der Waals surface area contributed by atoms with Crippen molar-refractivity contribution in [2.45, 2.75) is 40.0 Å². The molecule has 9 heteroatoms. The Morgan fingerprint density at radius 2 is 1.89 bits per heavy atom. The van der Waals surface area contributed by atoms with E-state index in [9.17, 15) is 9.59 Å². The summed E-state index contributed by atoms with van der Waals surface area (Å²) in [5.41, 5.74) is 1.09. The number of unbranched alkanes of at least 4 members (excludes halogenated alkanes) is 2. The summed E-state index contributed by atoms with van der Waals surface area (Å²) >= 11 is 1.24. The van der Waals surface area contributed by atoms with Crippen molar-refractivity contribution in [3.05, 3.63) is 62.9 Å².